The molecule has 0 heterocycles. The van der Waals surface area contributed by atoms with E-state index in [2.05, 4.69) is 102 Å². The maximum atomic E-state index is 12.4. The first-order valence-electron chi connectivity index (χ1n) is 16.7. The molecule has 0 N–H and O–H groups in total. The van der Waals surface area contributed by atoms with Crippen molar-refractivity contribution in [1.29, 1.82) is 0 Å². The smallest absolute Gasteiger partial charge is 0.193 e. The molecule has 0 bridgehead atoms. The first kappa shape index (κ1) is 39.7. The summed E-state index contributed by atoms with van der Waals surface area (Å²) < 4.78 is 21.4. The minimum absolute atomic E-state index is 0.0142. The van der Waals surface area contributed by atoms with Gasteiger partial charge in [-0.2, -0.15) is 0 Å². The largest absolute Gasteiger partial charge is 0.413 e. The van der Waals surface area contributed by atoms with E-state index in [0.29, 0.717) is 6.42 Å². The molecule has 0 aromatic rings. The van der Waals surface area contributed by atoms with Gasteiger partial charge in [0.15, 0.2) is 25.0 Å². The predicted molar refractivity (Wildman–Crippen MR) is 184 cm³/mol. The van der Waals surface area contributed by atoms with Crippen LogP contribution < -0.4 is 0 Å². The Balaban J connectivity index is 6.66. The average Bonchev–Trinajstić information content (AvgIpc) is 2.99. The Labute approximate surface area is 253 Å². The number of hydrogen-bond acceptors (Lipinski definition) is 4. The molecule has 0 rings (SSSR count). The van der Waals surface area contributed by atoms with Crippen LogP contribution >= 0.6 is 0 Å². The lowest BCUT2D eigenvalue weighted by molar-refractivity contribution is -0.115. The minimum Gasteiger partial charge on any atom is -0.413 e. The highest BCUT2D eigenvalue weighted by atomic mass is 28.4. The zero-order chi connectivity index (χ0) is 31.0. The lowest BCUT2D eigenvalue weighted by atomic mass is 9.82. The van der Waals surface area contributed by atoms with E-state index in [9.17, 15) is 4.79 Å². The van der Waals surface area contributed by atoms with Crippen LogP contribution in [-0.4, -0.2) is 49.6 Å². The van der Waals surface area contributed by atoms with Gasteiger partial charge in [0.25, 0.3) is 0 Å². The Hall–Kier alpha value is -0.319. The van der Waals surface area contributed by atoms with Gasteiger partial charge in [-0.15, -0.1) is 0 Å². The Bertz CT molecular complexity index is 692. The van der Waals surface area contributed by atoms with Gasteiger partial charge < -0.3 is 18.1 Å². The molecule has 6 atom stereocenters. The Morgan fingerprint density at radius 2 is 1.00 bits per heavy atom. The molecule has 0 saturated heterocycles. The SMILES string of the molecule is C=C/C=C\[C@H](C)[C@H](O[Si](CC)(CC)CC)[C@H](C)[C@@H](O[Si](CC)(CC)CC)[C@@H](C)C[C@@H](C=O)O[Si](CC)(CC)CC. The van der Waals surface area contributed by atoms with Crippen LogP contribution in [-0.2, 0) is 18.1 Å². The number of carbonyl (C=O) groups excluding carboxylic acids is 1. The minimum atomic E-state index is -1.92. The van der Waals surface area contributed by atoms with Crippen molar-refractivity contribution in [3.63, 3.8) is 0 Å². The highest BCUT2D eigenvalue weighted by molar-refractivity contribution is 6.74. The van der Waals surface area contributed by atoms with Crippen molar-refractivity contribution in [2.75, 3.05) is 0 Å². The molecule has 40 heavy (non-hydrogen) atoms. The summed E-state index contributed by atoms with van der Waals surface area (Å²) in [7, 11) is -5.70. The molecule has 236 valence electrons. The first-order valence-corrected chi connectivity index (χ1v) is 24.3. The second-order valence-electron chi connectivity index (χ2n) is 12.2. The van der Waals surface area contributed by atoms with Crippen LogP contribution in [0, 0.1) is 17.8 Å². The quantitative estimate of drug-likeness (QED) is 0.0618. The summed E-state index contributed by atoms with van der Waals surface area (Å²) in [5.41, 5.74) is 0. The topological polar surface area (TPSA) is 44.8 Å². The first-order chi connectivity index (χ1) is 18.9. The summed E-state index contributed by atoms with van der Waals surface area (Å²) in [6, 6.07) is 9.84. The van der Waals surface area contributed by atoms with Crippen LogP contribution in [0.1, 0.15) is 89.5 Å². The normalized spacial score (nSPS) is 17.8. The van der Waals surface area contributed by atoms with Gasteiger partial charge in [0, 0.05) is 5.92 Å². The lowest BCUT2D eigenvalue weighted by Gasteiger charge is -2.45. The zero-order valence-electron chi connectivity index (χ0n) is 28.7. The fourth-order valence-electron chi connectivity index (χ4n) is 6.52. The molecule has 0 aliphatic carbocycles. The molecular weight excluding hydrogens is 545 g/mol. The van der Waals surface area contributed by atoms with E-state index in [1.807, 2.05) is 6.08 Å². The van der Waals surface area contributed by atoms with Crippen molar-refractivity contribution < 1.29 is 18.1 Å². The molecule has 0 aromatic heterocycles. The summed E-state index contributed by atoms with van der Waals surface area (Å²) in [4.78, 5) is 12.4. The van der Waals surface area contributed by atoms with Gasteiger partial charge in [-0.3, -0.25) is 0 Å². The second kappa shape index (κ2) is 19.8. The number of carbonyl (C=O) groups is 1. The van der Waals surface area contributed by atoms with Crippen molar-refractivity contribution in [2.24, 2.45) is 17.8 Å². The molecule has 0 aliphatic rings. The maximum Gasteiger partial charge on any atom is 0.193 e. The summed E-state index contributed by atoms with van der Waals surface area (Å²) >= 11 is 0. The van der Waals surface area contributed by atoms with Crippen LogP contribution in [0.25, 0.3) is 0 Å². The highest BCUT2D eigenvalue weighted by Crippen LogP contribution is 2.38. The number of allylic oxidation sites excluding steroid dienone is 2. The van der Waals surface area contributed by atoms with Gasteiger partial charge in [-0.1, -0.05) is 108 Å². The van der Waals surface area contributed by atoms with Crippen LogP contribution in [0.3, 0.4) is 0 Å². The van der Waals surface area contributed by atoms with E-state index < -0.39 is 25.0 Å². The van der Waals surface area contributed by atoms with Gasteiger partial charge in [-0.05, 0) is 72.7 Å². The maximum absolute atomic E-state index is 12.4. The third kappa shape index (κ3) is 11.1. The van der Waals surface area contributed by atoms with Crippen molar-refractivity contribution in [1.82, 2.24) is 0 Å². The number of aldehydes is 1. The van der Waals surface area contributed by atoms with Gasteiger partial charge in [-0.25, -0.2) is 0 Å². The van der Waals surface area contributed by atoms with Crippen molar-refractivity contribution >= 4 is 31.2 Å². The standard InChI is InChI=1S/C33H68O4Si3/c1-14-24-25-28(11)32(36-39(18-5,19-6)20-7)30(13)33(37-40(21-8,22-9)23-10)29(12)26-31(27-34)35-38(15-2,16-3)17-4/h14,24-25,27-33H,1,15-23,26H2,2-13H3/b25-24-/t28-,29-,30-,31-,32-,33-/m0/s1. The number of hydrogen-bond donors (Lipinski definition) is 0. The summed E-state index contributed by atoms with van der Waals surface area (Å²) in [5.74, 6) is 0.606. The Morgan fingerprint density at radius 3 is 1.35 bits per heavy atom. The highest BCUT2D eigenvalue weighted by Gasteiger charge is 2.43. The predicted octanol–water partition coefficient (Wildman–Crippen LogP) is 10.4. The van der Waals surface area contributed by atoms with E-state index >= 15 is 0 Å². The van der Waals surface area contributed by atoms with E-state index in [0.717, 1.165) is 60.7 Å². The molecule has 0 unspecified atom stereocenters. The van der Waals surface area contributed by atoms with Crippen LogP contribution in [0.15, 0.2) is 24.8 Å². The summed E-state index contributed by atoms with van der Waals surface area (Å²) in [6.07, 6.45) is 7.64. The third-order valence-corrected chi connectivity index (χ3v) is 24.3. The van der Waals surface area contributed by atoms with Crippen molar-refractivity contribution in [3.05, 3.63) is 24.8 Å². The van der Waals surface area contributed by atoms with E-state index in [1.54, 1.807) is 0 Å². The summed E-state index contributed by atoms with van der Waals surface area (Å²) in [6.45, 7) is 31.4. The molecule has 0 fully saturated rings. The van der Waals surface area contributed by atoms with Crippen LogP contribution in [0.4, 0.5) is 0 Å². The molecule has 4 nitrogen and oxygen atoms in total. The van der Waals surface area contributed by atoms with Crippen LogP contribution in [0.5, 0.6) is 0 Å². The molecule has 0 saturated carbocycles. The van der Waals surface area contributed by atoms with Gasteiger partial charge >= 0.3 is 0 Å². The third-order valence-electron chi connectivity index (χ3n) is 10.4. The van der Waals surface area contributed by atoms with Crippen LogP contribution in [0.2, 0.25) is 54.4 Å². The average molecular weight is 613 g/mol. The fourth-order valence-corrected chi connectivity index (χ4v) is 15.3. The fraction of sp³-hybridized carbons (Fsp3) is 0.848. The molecular formula is C33H68O4Si3. The van der Waals surface area contributed by atoms with E-state index in [-0.39, 0.29) is 36.1 Å². The Morgan fingerprint density at radius 1 is 0.625 bits per heavy atom. The van der Waals surface area contributed by atoms with Gasteiger partial charge in [0.1, 0.15) is 12.4 Å². The molecule has 0 spiro atoms. The molecule has 0 radical (unpaired) electrons. The second-order valence-corrected chi connectivity index (χ2v) is 26.4. The molecule has 0 amide bonds. The van der Waals surface area contributed by atoms with E-state index in [1.165, 1.54) is 0 Å². The van der Waals surface area contributed by atoms with Gasteiger partial charge in [0.05, 0.1) is 12.2 Å². The molecule has 7 heteroatoms. The monoisotopic (exact) mass is 612 g/mol. The number of rotatable bonds is 24. The Kier molecular flexibility index (Phi) is 19.6. The lowest BCUT2D eigenvalue weighted by Crippen LogP contribution is -2.52. The zero-order valence-corrected chi connectivity index (χ0v) is 31.7. The molecule has 0 aliphatic heterocycles. The van der Waals surface area contributed by atoms with Crippen molar-refractivity contribution in [3.8, 4) is 0 Å². The summed E-state index contributed by atoms with van der Waals surface area (Å²) in [5, 5.41) is 0. The van der Waals surface area contributed by atoms with E-state index in [4.69, 9.17) is 13.3 Å². The van der Waals surface area contributed by atoms with Gasteiger partial charge in [0.2, 0.25) is 0 Å². The molecule has 0 aromatic carbocycles. The van der Waals surface area contributed by atoms with Crippen molar-refractivity contribution in [2.45, 2.75) is 162 Å².